The van der Waals surface area contributed by atoms with Gasteiger partial charge in [0.05, 0.1) is 22.1 Å². The van der Waals surface area contributed by atoms with Gasteiger partial charge in [0.1, 0.15) is 0 Å². The second-order valence-electron chi connectivity index (χ2n) is 4.05. The lowest BCUT2D eigenvalue weighted by Gasteiger charge is -2.27. The standard InChI is InChI=1S/C11H11BrClNO3S/c12-9-3-1-2-8(10(9)13)11(15)14-4-6-18(16,17)7-5-14/h1-3H,4-7H2. The minimum absolute atomic E-state index is 0.0182. The number of halogens is 2. The molecule has 0 bridgehead atoms. The van der Waals surface area contributed by atoms with Gasteiger partial charge in [-0.2, -0.15) is 0 Å². The molecule has 1 amide bonds. The van der Waals surface area contributed by atoms with E-state index in [-0.39, 0.29) is 30.5 Å². The summed E-state index contributed by atoms with van der Waals surface area (Å²) in [7, 11) is -2.99. The SMILES string of the molecule is O=C(c1cccc(Br)c1Cl)N1CCS(=O)(=O)CC1. The van der Waals surface area contributed by atoms with Crippen LogP contribution in [0.25, 0.3) is 0 Å². The van der Waals surface area contributed by atoms with Crippen molar-refractivity contribution in [3.05, 3.63) is 33.3 Å². The summed E-state index contributed by atoms with van der Waals surface area (Å²) in [6.07, 6.45) is 0. The van der Waals surface area contributed by atoms with Gasteiger partial charge < -0.3 is 4.90 Å². The number of sulfone groups is 1. The molecule has 1 aromatic carbocycles. The molecule has 4 nitrogen and oxygen atoms in total. The van der Waals surface area contributed by atoms with Crippen molar-refractivity contribution in [3.8, 4) is 0 Å². The first-order valence-corrected chi connectivity index (χ1v) is 8.34. The number of carbonyl (C=O) groups is 1. The molecule has 0 N–H and O–H groups in total. The molecule has 0 aromatic heterocycles. The van der Waals surface area contributed by atoms with Crippen molar-refractivity contribution in [3.63, 3.8) is 0 Å². The molecule has 0 atom stereocenters. The molecule has 1 fully saturated rings. The number of hydrogen-bond acceptors (Lipinski definition) is 3. The minimum Gasteiger partial charge on any atom is -0.337 e. The van der Waals surface area contributed by atoms with Crippen molar-refractivity contribution in [1.29, 1.82) is 0 Å². The van der Waals surface area contributed by atoms with Crippen LogP contribution in [0.15, 0.2) is 22.7 Å². The minimum atomic E-state index is -2.99. The molecular weight excluding hydrogens is 342 g/mol. The van der Waals surface area contributed by atoms with Gasteiger partial charge in [0.2, 0.25) is 0 Å². The van der Waals surface area contributed by atoms with Crippen molar-refractivity contribution < 1.29 is 13.2 Å². The summed E-state index contributed by atoms with van der Waals surface area (Å²) in [5.41, 5.74) is 0.394. The molecule has 98 valence electrons. The summed E-state index contributed by atoms with van der Waals surface area (Å²) in [4.78, 5) is 13.7. The van der Waals surface area contributed by atoms with E-state index in [1.54, 1.807) is 18.2 Å². The molecule has 1 saturated heterocycles. The van der Waals surface area contributed by atoms with Crippen LogP contribution in [-0.4, -0.2) is 43.8 Å². The maximum Gasteiger partial charge on any atom is 0.255 e. The first kappa shape index (κ1) is 13.8. The van der Waals surface area contributed by atoms with E-state index in [2.05, 4.69) is 15.9 Å². The average molecular weight is 353 g/mol. The largest absolute Gasteiger partial charge is 0.337 e. The first-order valence-electron chi connectivity index (χ1n) is 5.34. The average Bonchev–Trinajstić information content (AvgIpc) is 2.32. The third-order valence-electron chi connectivity index (χ3n) is 2.81. The normalized spacial score (nSPS) is 18.7. The molecule has 1 aliphatic heterocycles. The number of benzene rings is 1. The van der Waals surface area contributed by atoms with Gasteiger partial charge in [-0.05, 0) is 28.1 Å². The van der Waals surface area contributed by atoms with Gasteiger partial charge in [0.15, 0.2) is 9.84 Å². The van der Waals surface area contributed by atoms with E-state index in [1.165, 1.54) is 4.90 Å². The maximum atomic E-state index is 12.2. The lowest BCUT2D eigenvalue weighted by Crippen LogP contribution is -2.43. The smallest absolute Gasteiger partial charge is 0.255 e. The van der Waals surface area contributed by atoms with Crippen molar-refractivity contribution in [1.82, 2.24) is 4.90 Å². The second-order valence-corrected chi connectivity index (χ2v) is 7.58. The summed E-state index contributed by atoms with van der Waals surface area (Å²) in [5, 5.41) is 0.357. The lowest BCUT2D eigenvalue weighted by atomic mass is 10.2. The summed E-state index contributed by atoms with van der Waals surface area (Å²) in [6, 6.07) is 5.11. The highest BCUT2D eigenvalue weighted by Gasteiger charge is 2.26. The summed E-state index contributed by atoms with van der Waals surface area (Å²) >= 11 is 9.31. The fraction of sp³-hybridized carbons (Fsp3) is 0.364. The van der Waals surface area contributed by atoms with E-state index in [0.717, 1.165) is 0 Å². The van der Waals surface area contributed by atoms with Crippen LogP contribution in [0.4, 0.5) is 0 Å². The molecule has 0 unspecified atom stereocenters. The Morgan fingerprint density at radius 1 is 1.28 bits per heavy atom. The topological polar surface area (TPSA) is 54.5 Å². The van der Waals surface area contributed by atoms with Crippen LogP contribution in [-0.2, 0) is 9.84 Å². The lowest BCUT2D eigenvalue weighted by molar-refractivity contribution is 0.0770. The molecule has 1 heterocycles. The summed E-state index contributed by atoms with van der Waals surface area (Å²) in [5.74, 6) is -0.189. The van der Waals surface area contributed by atoms with Crippen LogP contribution in [0.5, 0.6) is 0 Å². The van der Waals surface area contributed by atoms with E-state index in [9.17, 15) is 13.2 Å². The van der Waals surface area contributed by atoms with Gasteiger partial charge in [-0.15, -0.1) is 0 Å². The Kier molecular flexibility index (Phi) is 3.99. The van der Waals surface area contributed by atoms with Crippen molar-refractivity contribution >= 4 is 43.3 Å². The van der Waals surface area contributed by atoms with Gasteiger partial charge in [-0.1, -0.05) is 17.7 Å². The Hall–Kier alpha value is -0.590. The van der Waals surface area contributed by atoms with E-state index >= 15 is 0 Å². The maximum absolute atomic E-state index is 12.2. The molecule has 1 aromatic rings. The fourth-order valence-corrected chi connectivity index (χ4v) is 3.53. The first-order chi connectivity index (χ1) is 8.41. The zero-order valence-corrected chi connectivity index (χ0v) is 12.6. The van der Waals surface area contributed by atoms with Gasteiger partial charge in [0, 0.05) is 17.6 Å². The number of carbonyl (C=O) groups excluding carboxylic acids is 1. The van der Waals surface area contributed by atoms with Crippen molar-refractivity contribution in [2.24, 2.45) is 0 Å². The quantitative estimate of drug-likeness (QED) is 0.776. The monoisotopic (exact) mass is 351 g/mol. The Labute approximate surface area is 119 Å². The predicted octanol–water partition coefficient (Wildman–Crippen LogP) is 1.97. The number of hydrogen-bond donors (Lipinski definition) is 0. The Morgan fingerprint density at radius 2 is 1.89 bits per heavy atom. The van der Waals surface area contributed by atoms with Crippen LogP contribution < -0.4 is 0 Å². The van der Waals surface area contributed by atoms with Gasteiger partial charge in [-0.25, -0.2) is 8.42 Å². The van der Waals surface area contributed by atoms with Crippen LogP contribution in [0.3, 0.4) is 0 Å². The van der Waals surface area contributed by atoms with Gasteiger partial charge in [-0.3, -0.25) is 4.79 Å². The van der Waals surface area contributed by atoms with Crippen LogP contribution >= 0.6 is 27.5 Å². The summed E-state index contributed by atoms with van der Waals surface area (Å²) < 4.78 is 23.3. The van der Waals surface area contributed by atoms with Crippen molar-refractivity contribution in [2.75, 3.05) is 24.6 Å². The number of nitrogens with zero attached hydrogens (tertiary/aromatic N) is 1. The number of amides is 1. The molecular formula is C11H11BrClNO3S. The van der Waals surface area contributed by atoms with Crippen molar-refractivity contribution in [2.45, 2.75) is 0 Å². The van der Waals surface area contributed by atoms with E-state index in [1.807, 2.05) is 0 Å². The Morgan fingerprint density at radius 3 is 2.50 bits per heavy atom. The molecule has 0 aliphatic carbocycles. The molecule has 7 heteroatoms. The van der Waals surface area contributed by atoms with Crippen LogP contribution in [0.2, 0.25) is 5.02 Å². The molecule has 0 spiro atoms. The van der Waals surface area contributed by atoms with Gasteiger partial charge in [0.25, 0.3) is 5.91 Å². The Bertz CT molecular complexity index is 574. The van der Waals surface area contributed by atoms with Crippen LogP contribution in [0.1, 0.15) is 10.4 Å². The van der Waals surface area contributed by atoms with E-state index in [4.69, 9.17) is 11.6 Å². The zero-order valence-electron chi connectivity index (χ0n) is 9.40. The highest BCUT2D eigenvalue weighted by Crippen LogP contribution is 2.27. The second kappa shape index (κ2) is 5.19. The van der Waals surface area contributed by atoms with E-state index < -0.39 is 9.84 Å². The molecule has 2 rings (SSSR count). The molecule has 1 aliphatic rings. The Balaban J connectivity index is 2.20. The highest BCUT2D eigenvalue weighted by atomic mass is 79.9. The fourth-order valence-electron chi connectivity index (χ4n) is 1.75. The van der Waals surface area contributed by atoms with E-state index in [0.29, 0.717) is 15.1 Å². The number of rotatable bonds is 1. The van der Waals surface area contributed by atoms with Gasteiger partial charge >= 0.3 is 0 Å². The predicted molar refractivity (Wildman–Crippen MR) is 73.7 cm³/mol. The molecule has 0 saturated carbocycles. The highest BCUT2D eigenvalue weighted by molar-refractivity contribution is 9.10. The van der Waals surface area contributed by atoms with Crippen LogP contribution in [0, 0.1) is 0 Å². The summed E-state index contributed by atoms with van der Waals surface area (Å²) in [6.45, 7) is 0.452. The molecule has 18 heavy (non-hydrogen) atoms. The third-order valence-corrected chi connectivity index (χ3v) is 5.72. The zero-order chi connectivity index (χ0) is 13.3. The molecule has 0 radical (unpaired) electrons. The third kappa shape index (κ3) is 2.87.